The third-order valence-electron chi connectivity index (χ3n) is 5.29. The van der Waals surface area contributed by atoms with Crippen molar-refractivity contribution in [2.75, 3.05) is 25.7 Å². The van der Waals surface area contributed by atoms with Crippen LogP contribution in [0.2, 0.25) is 0 Å². The molecule has 3 rings (SSSR count). The van der Waals surface area contributed by atoms with Crippen LogP contribution >= 0.6 is 11.3 Å². The summed E-state index contributed by atoms with van der Waals surface area (Å²) < 4.78 is 36.9. The van der Waals surface area contributed by atoms with E-state index in [4.69, 9.17) is 9.47 Å². The van der Waals surface area contributed by atoms with Crippen molar-refractivity contribution in [2.45, 2.75) is 44.7 Å². The summed E-state index contributed by atoms with van der Waals surface area (Å²) in [6.07, 6.45) is 4.78. The lowest BCUT2D eigenvalue weighted by atomic mass is 9.95. The molecule has 1 aromatic carbocycles. The van der Waals surface area contributed by atoms with Crippen molar-refractivity contribution < 1.29 is 32.3 Å². The molecule has 0 aliphatic heterocycles. The van der Waals surface area contributed by atoms with Crippen molar-refractivity contribution >= 4 is 49.2 Å². The molecule has 10 nitrogen and oxygen atoms in total. The van der Waals surface area contributed by atoms with Gasteiger partial charge in [0.25, 0.3) is 5.91 Å². The number of nitrogens with zero attached hydrogens (tertiary/aromatic N) is 2. The van der Waals surface area contributed by atoms with E-state index in [-0.39, 0.29) is 17.4 Å². The molecule has 0 atom stereocenters. The van der Waals surface area contributed by atoms with E-state index in [0.717, 1.165) is 43.4 Å². The molecule has 2 aromatic rings. The number of carbonyl (C=O) groups excluding carboxylic acids is 3. The number of rotatable bonds is 8. The topological polar surface area (TPSA) is 133 Å². The number of sulfone groups is 1. The maximum atomic E-state index is 12.5. The van der Waals surface area contributed by atoms with Crippen molar-refractivity contribution in [1.29, 1.82) is 0 Å². The predicted molar refractivity (Wildman–Crippen MR) is 123 cm³/mol. The van der Waals surface area contributed by atoms with Crippen molar-refractivity contribution in [1.82, 2.24) is 9.88 Å². The van der Waals surface area contributed by atoms with Gasteiger partial charge in [-0.2, -0.15) is 4.99 Å². The van der Waals surface area contributed by atoms with Gasteiger partial charge in [-0.1, -0.05) is 30.6 Å². The van der Waals surface area contributed by atoms with Gasteiger partial charge in [0.05, 0.1) is 24.4 Å². The maximum Gasteiger partial charge on any atom is 0.325 e. The van der Waals surface area contributed by atoms with E-state index in [2.05, 4.69) is 10.3 Å². The number of nitrogens with one attached hydrogen (secondary N) is 1. The Morgan fingerprint density at radius 3 is 2.55 bits per heavy atom. The molecular formula is C21H27N3O7S2. The number of ether oxygens (including phenoxy) is 2. The summed E-state index contributed by atoms with van der Waals surface area (Å²) in [5.41, 5.74) is 0.618. The molecule has 0 saturated heterocycles. The maximum absolute atomic E-state index is 12.5. The lowest BCUT2D eigenvalue weighted by Crippen LogP contribution is -2.40. The van der Waals surface area contributed by atoms with Gasteiger partial charge in [-0.05, 0) is 31.0 Å². The van der Waals surface area contributed by atoms with E-state index in [0.29, 0.717) is 16.0 Å². The molecule has 0 radical (unpaired) electrons. The van der Waals surface area contributed by atoms with Crippen molar-refractivity contribution in [3.63, 3.8) is 0 Å². The van der Waals surface area contributed by atoms with Gasteiger partial charge in [-0.3, -0.25) is 14.4 Å². The molecule has 2 amide bonds. The monoisotopic (exact) mass is 497 g/mol. The highest BCUT2D eigenvalue weighted by molar-refractivity contribution is 7.92. The summed E-state index contributed by atoms with van der Waals surface area (Å²) in [5, 5.41) is 2.74. The largest absolute Gasteiger partial charge is 0.497 e. The highest BCUT2D eigenvalue weighted by Gasteiger charge is 2.23. The fourth-order valence-electron chi connectivity index (χ4n) is 3.71. The van der Waals surface area contributed by atoms with Crippen LogP contribution < -0.4 is 14.9 Å². The number of aromatic nitrogens is 1. The van der Waals surface area contributed by atoms with Crippen LogP contribution in [0.1, 0.15) is 32.1 Å². The SMILES string of the molecule is COC(=O)Cn1c(=NC(=O)CS(=O)(=O)CC(=O)NC2CCCCC2)sc2cc(OC)ccc21. The average Bonchev–Trinajstić information content (AvgIpc) is 3.08. The van der Waals surface area contributed by atoms with Crippen LogP contribution in [0.5, 0.6) is 5.75 Å². The minimum atomic E-state index is -4.00. The number of fused-ring (bicyclic) bond motifs is 1. The predicted octanol–water partition coefficient (Wildman–Crippen LogP) is 1.18. The molecule has 1 aliphatic carbocycles. The van der Waals surface area contributed by atoms with Gasteiger partial charge in [-0.25, -0.2) is 8.42 Å². The molecule has 0 spiro atoms. The smallest absolute Gasteiger partial charge is 0.325 e. The van der Waals surface area contributed by atoms with E-state index in [9.17, 15) is 22.8 Å². The Bertz CT molecular complexity index is 1210. The molecule has 1 N–H and O–H groups in total. The normalized spacial score (nSPS) is 15.4. The van der Waals surface area contributed by atoms with Gasteiger partial charge in [0, 0.05) is 6.04 Å². The molecule has 180 valence electrons. The molecule has 1 aromatic heterocycles. The molecule has 1 aliphatic rings. The molecule has 1 fully saturated rings. The first-order valence-corrected chi connectivity index (χ1v) is 13.2. The fraction of sp³-hybridized carbons (Fsp3) is 0.524. The summed E-state index contributed by atoms with van der Waals surface area (Å²) in [6.45, 7) is -0.203. The minimum Gasteiger partial charge on any atom is -0.497 e. The Labute approximate surface area is 195 Å². The molecule has 12 heteroatoms. The molecule has 33 heavy (non-hydrogen) atoms. The zero-order valence-electron chi connectivity index (χ0n) is 18.5. The lowest BCUT2D eigenvalue weighted by Gasteiger charge is -2.22. The zero-order chi connectivity index (χ0) is 24.0. The molecular weight excluding hydrogens is 470 g/mol. The highest BCUT2D eigenvalue weighted by Crippen LogP contribution is 2.23. The van der Waals surface area contributed by atoms with Crippen LogP contribution in [-0.4, -0.2) is 62.5 Å². The van der Waals surface area contributed by atoms with E-state index in [1.54, 1.807) is 18.2 Å². The van der Waals surface area contributed by atoms with Gasteiger partial charge in [0.1, 0.15) is 23.8 Å². The fourth-order valence-corrected chi connectivity index (χ4v) is 5.81. The first kappa shape index (κ1) is 24.9. The molecule has 0 bridgehead atoms. The van der Waals surface area contributed by atoms with Crippen molar-refractivity contribution in [2.24, 2.45) is 4.99 Å². The second-order valence-electron chi connectivity index (χ2n) is 7.82. The zero-order valence-corrected chi connectivity index (χ0v) is 20.2. The van der Waals surface area contributed by atoms with Crippen molar-refractivity contribution in [3.8, 4) is 5.75 Å². The van der Waals surface area contributed by atoms with Gasteiger partial charge >= 0.3 is 5.97 Å². The number of carbonyl (C=O) groups is 3. The minimum absolute atomic E-state index is 0.0188. The number of benzene rings is 1. The Morgan fingerprint density at radius 2 is 1.88 bits per heavy atom. The Morgan fingerprint density at radius 1 is 1.15 bits per heavy atom. The summed E-state index contributed by atoms with van der Waals surface area (Å²) in [6, 6.07) is 5.12. The Hall–Kier alpha value is -2.73. The third-order valence-corrected chi connectivity index (χ3v) is 7.72. The lowest BCUT2D eigenvalue weighted by molar-refractivity contribution is -0.141. The average molecular weight is 498 g/mol. The Kier molecular flexibility index (Phi) is 8.25. The van der Waals surface area contributed by atoms with Crippen LogP contribution in [0, 0.1) is 0 Å². The summed E-state index contributed by atoms with van der Waals surface area (Å²) >= 11 is 1.11. The van der Waals surface area contributed by atoms with Crippen LogP contribution in [0.4, 0.5) is 0 Å². The van der Waals surface area contributed by atoms with Crippen LogP contribution in [0.15, 0.2) is 23.2 Å². The quantitative estimate of drug-likeness (QED) is 0.541. The number of methoxy groups -OCH3 is 2. The number of esters is 1. The molecule has 1 saturated carbocycles. The van der Waals surface area contributed by atoms with Crippen LogP contribution in [-0.2, 0) is 35.5 Å². The van der Waals surface area contributed by atoms with Gasteiger partial charge < -0.3 is 19.4 Å². The van der Waals surface area contributed by atoms with E-state index in [1.165, 1.54) is 18.8 Å². The number of thiazole rings is 1. The standard InChI is InChI=1S/C21H27N3O7S2/c1-30-15-8-9-16-17(10-15)32-21(24(16)11-20(27)31-2)23-19(26)13-33(28,29)12-18(25)22-14-6-4-3-5-7-14/h8-10,14H,3-7,11-13H2,1-2H3,(H,22,25). The number of amides is 2. The van der Waals surface area contributed by atoms with Crippen LogP contribution in [0.25, 0.3) is 10.2 Å². The summed E-state index contributed by atoms with van der Waals surface area (Å²) in [5.74, 6) is -3.16. The van der Waals surface area contributed by atoms with E-state index >= 15 is 0 Å². The number of hydrogen-bond donors (Lipinski definition) is 1. The Balaban J connectivity index is 1.78. The second-order valence-corrected chi connectivity index (χ2v) is 10.9. The van der Waals surface area contributed by atoms with Gasteiger partial charge in [0.15, 0.2) is 14.6 Å². The first-order chi connectivity index (χ1) is 15.7. The van der Waals surface area contributed by atoms with Crippen molar-refractivity contribution in [3.05, 3.63) is 23.0 Å². The van der Waals surface area contributed by atoms with Crippen LogP contribution in [0.3, 0.4) is 0 Å². The van der Waals surface area contributed by atoms with E-state index < -0.39 is 39.1 Å². The molecule has 0 unspecified atom stereocenters. The summed E-state index contributed by atoms with van der Waals surface area (Å²) in [7, 11) is -1.25. The molecule has 1 heterocycles. The van der Waals surface area contributed by atoms with Gasteiger partial charge in [0.2, 0.25) is 5.91 Å². The van der Waals surface area contributed by atoms with Gasteiger partial charge in [-0.15, -0.1) is 0 Å². The summed E-state index contributed by atoms with van der Waals surface area (Å²) in [4.78, 5) is 40.6. The third kappa shape index (κ3) is 6.87. The highest BCUT2D eigenvalue weighted by atomic mass is 32.2. The number of hydrogen-bond acceptors (Lipinski definition) is 8. The second kappa shape index (κ2) is 10.9. The van der Waals surface area contributed by atoms with E-state index in [1.807, 2.05) is 0 Å². The first-order valence-electron chi connectivity index (χ1n) is 10.5.